The molecule has 0 radical (unpaired) electrons. The van der Waals surface area contributed by atoms with Gasteiger partial charge in [0.25, 0.3) is 0 Å². The van der Waals surface area contributed by atoms with E-state index in [-0.39, 0.29) is 12.3 Å². The van der Waals surface area contributed by atoms with Gasteiger partial charge in [0.1, 0.15) is 11.6 Å². The fraction of sp³-hybridized carbons (Fsp3) is 0.167. The van der Waals surface area contributed by atoms with E-state index < -0.39 is 11.7 Å². The van der Waals surface area contributed by atoms with E-state index in [4.69, 9.17) is 17.3 Å². The minimum Gasteiger partial charge on any atom is -0.375 e. The largest absolute Gasteiger partial charge is 0.375 e. The summed E-state index contributed by atoms with van der Waals surface area (Å²) in [6.45, 7) is 0. The standard InChI is InChI=1S/C12H9ClFN3OS/c13-6-2-1-3-7(14)9(6)5-4-8(18)16-11-10(5)19-12(15)17-11/h1-3,5H,4H2,(H2,15,17)(H,16,18). The molecule has 1 aromatic heterocycles. The highest BCUT2D eigenvalue weighted by atomic mass is 35.5. The number of carbonyl (C=O) groups excluding carboxylic acids is 1. The van der Waals surface area contributed by atoms with Gasteiger partial charge in [-0.25, -0.2) is 9.37 Å². The Balaban J connectivity index is 2.18. The van der Waals surface area contributed by atoms with Crippen LogP contribution in [0.2, 0.25) is 5.02 Å². The summed E-state index contributed by atoms with van der Waals surface area (Å²) in [5, 5.41) is 3.28. The Morgan fingerprint density at radius 3 is 3.05 bits per heavy atom. The quantitative estimate of drug-likeness (QED) is 0.850. The van der Waals surface area contributed by atoms with Gasteiger partial charge in [-0.2, -0.15) is 0 Å². The SMILES string of the molecule is Nc1nc2c(s1)C(c1c(F)cccc1Cl)CC(=O)N2. The third-order valence-corrected chi connectivity index (χ3v) is 4.31. The summed E-state index contributed by atoms with van der Waals surface area (Å²) in [6, 6.07) is 4.47. The normalized spacial score (nSPS) is 18.0. The number of halogens is 2. The lowest BCUT2D eigenvalue weighted by Gasteiger charge is -2.22. The number of benzene rings is 1. The van der Waals surface area contributed by atoms with Gasteiger partial charge in [0, 0.05) is 22.9 Å². The molecular formula is C12H9ClFN3OS. The maximum Gasteiger partial charge on any atom is 0.226 e. The maximum atomic E-state index is 14.0. The Labute approximate surface area is 117 Å². The molecule has 1 aliphatic heterocycles. The number of nitrogens with one attached hydrogen (secondary N) is 1. The molecule has 0 bridgehead atoms. The molecule has 7 heteroatoms. The van der Waals surface area contributed by atoms with Gasteiger partial charge in [-0.1, -0.05) is 29.0 Å². The van der Waals surface area contributed by atoms with Crippen molar-refractivity contribution in [3.8, 4) is 0 Å². The van der Waals surface area contributed by atoms with Crippen LogP contribution in [0, 0.1) is 5.82 Å². The van der Waals surface area contributed by atoms with Crippen molar-refractivity contribution in [3.05, 3.63) is 39.5 Å². The summed E-state index contributed by atoms with van der Waals surface area (Å²) in [4.78, 5) is 16.5. The van der Waals surface area contributed by atoms with Crippen molar-refractivity contribution in [2.24, 2.45) is 0 Å². The Morgan fingerprint density at radius 1 is 1.53 bits per heavy atom. The first-order valence-electron chi connectivity index (χ1n) is 5.56. The Morgan fingerprint density at radius 2 is 2.32 bits per heavy atom. The molecule has 1 aliphatic rings. The Hall–Kier alpha value is -1.66. The van der Waals surface area contributed by atoms with Crippen LogP contribution in [0.5, 0.6) is 0 Å². The van der Waals surface area contributed by atoms with Gasteiger partial charge < -0.3 is 11.1 Å². The van der Waals surface area contributed by atoms with Crippen molar-refractivity contribution in [1.82, 2.24) is 4.98 Å². The molecule has 2 aromatic rings. The lowest BCUT2D eigenvalue weighted by molar-refractivity contribution is -0.116. The lowest BCUT2D eigenvalue weighted by Crippen LogP contribution is -2.23. The lowest BCUT2D eigenvalue weighted by atomic mass is 9.91. The number of carbonyl (C=O) groups is 1. The van der Waals surface area contributed by atoms with Crippen molar-refractivity contribution < 1.29 is 9.18 Å². The van der Waals surface area contributed by atoms with Crippen LogP contribution in [0.4, 0.5) is 15.3 Å². The van der Waals surface area contributed by atoms with E-state index in [9.17, 15) is 9.18 Å². The number of rotatable bonds is 1. The number of hydrogen-bond donors (Lipinski definition) is 2. The first kappa shape index (κ1) is 12.4. The molecular weight excluding hydrogens is 289 g/mol. The fourth-order valence-corrected chi connectivity index (χ4v) is 3.41. The Kier molecular flexibility index (Phi) is 2.91. The molecule has 0 fully saturated rings. The predicted molar refractivity (Wildman–Crippen MR) is 73.0 cm³/mol. The molecule has 0 spiro atoms. The highest BCUT2D eigenvalue weighted by Crippen LogP contribution is 2.44. The molecule has 2 heterocycles. The summed E-state index contributed by atoms with van der Waals surface area (Å²) in [5.74, 6) is -0.678. The van der Waals surface area contributed by atoms with Gasteiger partial charge >= 0.3 is 0 Å². The smallest absolute Gasteiger partial charge is 0.226 e. The number of aromatic nitrogens is 1. The van der Waals surface area contributed by atoms with Gasteiger partial charge in [0.15, 0.2) is 5.13 Å². The minimum absolute atomic E-state index is 0.134. The van der Waals surface area contributed by atoms with E-state index in [2.05, 4.69) is 10.3 Å². The van der Waals surface area contributed by atoms with Gasteiger partial charge in [-0.15, -0.1) is 0 Å². The zero-order valence-electron chi connectivity index (χ0n) is 9.61. The van der Waals surface area contributed by atoms with Crippen LogP contribution in [0.1, 0.15) is 22.8 Å². The molecule has 1 amide bonds. The molecule has 98 valence electrons. The second-order valence-electron chi connectivity index (χ2n) is 4.21. The number of fused-ring (bicyclic) bond motifs is 1. The van der Waals surface area contributed by atoms with E-state index in [1.165, 1.54) is 23.5 Å². The zero-order valence-corrected chi connectivity index (χ0v) is 11.2. The van der Waals surface area contributed by atoms with Gasteiger partial charge in [0.05, 0.1) is 4.88 Å². The first-order chi connectivity index (χ1) is 9.06. The van der Waals surface area contributed by atoms with Gasteiger partial charge in [-0.05, 0) is 12.1 Å². The molecule has 1 unspecified atom stereocenters. The van der Waals surface area contributed by atoms with Crippen molar-refractivity contribution in [3.63, 3.8) is 0 Å². The topological polar surface area (TPSA) is 68.0 Å². The molecule has 0 saturated heterocycles. The summed E-state index contributed by atoms with van der Waals surface area (Å²) in [5.41, 5.74) is 5.97. The minimum atomic E-state index is -0.438. The number of nitrogens with zero attached hydrogens (tertiary/aromatic N) is 1. The van der Waals surface area contributed by atoms with Crippen LogP contribution >= 0.6 is 22.9 Å². The molecule has 0 saturated carbocycles. The fourth-order valence-electron chi connectivity index (χ4n) is 2.21. The monoisotopic (exact) mass is 297 g/mol. The van der Waals surface area contributed by atoms with E-state index >= 15 is 0 Å². The molecule has 4 nitrogen and oxygen atoms in total. The molecule has 1 atom stereocenters. The molecule has 3 rings (SSSR count). The van der Waals surface area contributed by atoms with Crippen LogP contribution in [-0.4, -0.2) is 10.9 Å². The summed E-state index contributed by atoms with van der Waals surface area (Å²) in [7, 11) is 0. The molecule has 19 heavy (non-hydrogen) atoms. The third kappa shape index (κ3) is 2.06. The second kappa shape index (κ2) is 4.47. The van der Waals surface area contributed by atoms with Crippen LogP contribution < -0.4 is 11.1 Å². The van der Waals surface area contributed by atoms with E-state index in [1.807, 2.05) is 0 Å². The van der Waals surface area contributed by atoms with Gasteiger partial charge in [-0.3, -0.25) is 4.79 Å². The van der Waals surface area contributed by atoms with Crippen molar-refractivity contribution in [2.75, 3.05) is 11.1 Å². The highest BCUT2D eigenvalue weighted by molar-refractivity contribution is 7.16. The number of nitrogen functional groups attached to an aromatic ring is 1. The summed E-state index contributed by atoms with van der Waals surface area (Å²) >= 11 is 7.30. The molecule has 1 aromatic carbocycles. The first-order valence-corrected chi connectivity index (χ1v) is 6.75. The number of amides is 1. The predicted octanol–water partition coefficient (Wildman–Crippen LogP) is 2.99. The average molecular weight is 298 g/mol. The van der Waals surface area contributed by atoms with Crippen LogP contribution in [-0.2, 0) is 4.79 Å². The highest BCUT2D eigenvalue weighted by Gasteiger charge is 2.32. The van der Waals surface area contributed by atoms with Gasteiger partial charge in [0.2, 0.25) is 5.91 Å². The van der Waals surface area contributed by atoms with Crippen LogP contribution in [0.3, 0.4) is 0 Å². The van der Waals surface area contributed by atoms with Crippen molar-refractivity contribution >= 4 is 39.8 Å². The molecule has 3 N–H and O–H groups in total. The number of thiazole rings is 1. The average Bonchev–Trinajstić information content (AvgIpc) is 2.69. The maximum absolute atomic E-state index is 14.0. The van der Waals surface area contributed by atoms with E-state index in [0.29, 0.717) is 21.5 Å². The van der Waals surface area contributed by atoms with Crippen LogP contribution in [0.15, 0.2) is 18.2 Å². The van der Waals surface area contributed by atoms with E-state index in [0.717, 1.165) is 4.88 Å². The second-order valence-corrected chi connectivity index (χ2v) is 5.67. The van der Waals surface area contributed by atoms with Crippen molar-refractivity contribution in [2.45, 2.75) is 12.3 Å². The zero-order chi connectivity index (χ0) is 13.6. The number of anilines is 2. The van der Waals surface area contributed by atoms with Crippen LogP contribution in [0.25, 0.3) is 0 Å². The Bertz CT molecular complexity index is 653. The third-order valence-electron chi connectivity index (χ3n) is 2.98. The van der Waals surface area contributed by atoms with E-state index in [1.54, 1.807) is 6.07 Å². The van der Waals surface area contributed by atoms with Crippen molar-refractivity contribution in [1.29, 1.82) is 0 Å². The number of nitrogens with two attached hydrogens (primary N) is 1. The molecule has 0 aliphatic carbocycles. The summed E-state index contributed by atoms with van der Waals surface area (Å²) < 4.78 is 14.0. The summed E-state index contributed by atoms with van der Waals surface area (Å²) in [6.07, 6.45) is 0.134. The number of hydrogen-bond acceptors (Lipinski definition) is 4.